The van der Waals surface area contributed by atoms with E-state index in [0.717, 1.165) is 5.52 Å². The first kappa shape index (κ1) is 9.02. The minimum Gasteiger partial charge on any atom is -0.384 e. The monoisotopic (exact) mass is 192 g/mol. The molecule has 14 heavy (non-hydrogen) atoms. The fourth-order valence-corrected chi connectivity index (χ4v) is 1.21. The van der Waals surface area contributed by atoms with Crippen molar-refractivity contribution in [1.82, 2.24) is 9.97 Å². The summed E-state index contributed by atoms with van der Waals surface area (Å²) in [7, 11) is 0. The largest absolute Gasteiger partial charge is 0.384 e. The zero-order chi connectivity index (χ0) is 9.97. The number of hydrogen-bond donors (Lipinski definition) is 1. The molecule has 2 rings (SSSR count). The van der Waals surface area contributed by atoms with Crippen LogP contribution in [-0.4, -0.2) is 21.7 Å². The summed E-state index contributed by atoms with van der Waals surface area (Å²) in [6.45, 7) is -0.840. The van der Waals surface area contributed by atoms with Crippen LogP contribution in [0.2, 0.25) is 0 Å². The molecule has 1 aromatic heterocycles. The lowest BCUT2D eigenvalue weighted by atomic mass is 10.2. The molecule has 1 N–H and O–H groups in total. The highest BCUT2D eigenvalue weighted by molar-refractivity contribution is 5.73. The molecule has 72 valence electrons. The minimum absolute atomic E-state index is 0.270. The van der Waals surface area contributed by atoms with Gasteiger partial charge in [-0.3, -0.25) is 4.98 Å². The maximum absolute atomic E-state index is 12.2. The van der Waals surface area contributed by atoms with Crippen LogP contribution in [0.1, 0.15) is 11.8 Å². The molecule has 1 heterocycles. The molecule has 4 heteroatoms. The van der Waals surface area contributed by atoms with E-state index >= 15 is 0 Å². The normalized spacial score (nSPS) is 13.0. The number of aliphatic hydroxyl groups is 1. The topological polar surface area (TPSA) is 46.0 Å². The summed E-state index contributed by atoms with van der Waals surface area (Å²) in [6.07, 6.45) is 0.221. The number of fused-ring (bicyclic) bond motifs is 1. The van der Waals surface area contributed by atoms with Gasteiger partial charge in [0.05, 0.1) is 22.9 Å². The van der Waals surface area contributed by atoms with Crippen molar-refractivity contribution in [2.24, 2.45) is 0 Å². The van der Waals surface area contributed by atoms with Gasteiger partial charge >= 0.3 is 0 Å². The highest BCUT2D eigenvalue weighted by atomic mass is 19.1. The maximum Gasteiger partial charge on any atom is 0.126 e. The van der Waals surface area contributed by atoms with E-state index in [1.807, 2.05) is 18.2 Å². The molecule has 0 saturated heterocycles. The zero-order valence-electron chi connectivity index (χ0n) is 7.39. The van der Waals surface area contributed by atoms with Gasteiger partial charge in [0.25, 0.3) is 0 Å². The lowest BCUT2D eigenvalue weighted by Gasteiger charge is -2.05. The number of aromatic nitrogens is 2. The maximum atomic E-state index is 12.2. The molecule has 0 saturated carbocycles. The molecule has 1 atom stereocenters. The first-order valence-electron chi connectivity index (χ1n) is 4.27. The van der Waals surface area contributed by atoms with Gasteiger partial charge in [0.1, 0.15) is 12.8 Å². The Hall–Kier alpha value is -1.55. The highest BCUT2D eigenvalue weighted by Crippen LogP contribution is 2.13. The Labute approximate surface area is 80.2 Å². The van der Waals surface area contributed by atoms with Crippen molar-refractivity contribution < 1.29 is 9.50 Å². The Morgan fingerprint density at radius 3 is 2.71 bits per heavy atom. The standard InChI is InChI=1S/C10H9FN2O/c11-5-10(14)9-6-12-7-3-1-2-4-8(7)13-9/h1-4,6,10,14H,5H2. The van der Waals surface area contributed by atoms with Crippen LogP contribution in [-0.2, 0) is 0 Å². The van der Waals surface area contributed by atoms with Crippen molar-refractivity contribution in [3.8, 4) is 0 Å². The fourth-order valence-electron chi connectivity index (χ4n) is 1.21. The molecule has 1 aromatic carbocycles. The second-order valence-electron chi connectivity index (χ2n) is 2.95. The van der Waals surface area contributed by atoms with Gasteiger partial charge in [-0.25, -0.2) is 9.37 Å². The second kappa shape index (κ2) is 3.67. The number of benzene rings is 1. The van der Waals surface area contributed by atoms with Gasteiger partial charge in [-0.05, 0) is 12.1 Å². The fraction of sp³-hybridized carbons (Fsp3) is 0.200. The van der Waals surface area contributed by atoms with E-state index in [4.69, 9.17) is 0 Å². The van der Waals surface area contributed by atoms with Crippen molar-refractivity contribution in [3.63, 3.8) is 0 Å². The molecule has 0 aliphatic heterocycles. The van der Waals surface area contributed by atoms with Gasteiger partial charge in [-0.1, -0.05) is 12.1 Å². The summed E-state index contributed by atoms with van der Waals surface area (Å²) in [5, 5.41) is 9.21. The van der Waals surface area contributed by atoms with Gasteiger partial charge in [-0.15, -0.1) is 0 Å². The number of hydrogen-bond acceptors (Lipinski definition) is 3. The Balaban J connectivity index is 2.51. The number of nitrogens with zero attached hydrogens (tertiary/aromatic N) is 2. The van der Waals surface area contributed by atoms with Crippen LogP contribution in [0.3, 0.4) is 0 Å². The molecule has 0 aliphatic rings. The van der Waals surface area contributed by atoms with Crippen molar-refractivity contribution in [1.29, 1.82) is 0 Å². The van der Waals surface area contributed by atoms with Gasteiger partial charge in [0.15, 0.2) is 0 Å². The molecule has 0 amide bonds. The molecule has 0 radical (unpaired) electrons. The van der Waals surface area contributed by atoms with E-state index in [9.17, 15) is 9.50 Å². The van der Waals surface area contributed by atoms with Crippen molar-refractivity contribution in [2.45, 2.75) is 6.10 Å². The van der Waals surface area contributed by atoms with E-state index in [1.165, 1.54) is 6.20 Å². The van der Waals surface area contributed by atoms with Gasteiger partial charge in [-0.2, -0.15) is 0 Å². The number of halogens is 1. The van der Waals surface area contributed by atoms with E-state index < -0.39 is 12.8 Å². The number of para-hydroxylation sites is 2. The van der Waals surface area contributed by atoms with Crippen LogP contribution in [0, 0.1) is 0 Å². The minimum atomic E-state index is -1.17. The second-order valence-corrected chi connectivity index (χ2v) is 2.95. The van der Waals surface area contributed by atoms with Gasteiger partial charge in [0.2, 0.25) is 0 Å². The third-order valence-electron chi connectivity index (χ3n) is 1.95. The number of aliphatic hydroxyl groups excluding tert-OH is 1. The lowest BCUT2D eigenvalue weighted by Crippen LogP contribution is -2.03. The van der Waals surface area contributed by atoms with Crippen LogP contribution < -0.4 is 0 Å². The number of alkyl halides is 1. The molecule has 2 aromatic rings. The predicted octanol–water partition coefficient (Wildman–Crippen LogP) is 1.63. The molecule has 3 nitrogen and oxygen atoms in total. The molecule has 0 aliphatic carbocycles. The average molecular weight is 192 g/mol. The first-order valence-corrected chi connectivity index (χ1v) is 4.27. The van der Waals surface area contributed by atoms with Crippen molar-refractivity contribution >= 4 is 11.0 Å². The quantitative estimate of drug-likeness (QED) is 0.786. The van der Waals surface area contributed by atoms with Gasteiger partial charge in [0, 0.05) is 0 Å². The third-order valence-corrected chi connectivity index (χ3v) is 1.95. The summed E-state index contributed by atoms with van der Waals surface area (Å²) in [5.74, 6) is 0. The van der Waals surface area contributed by atoms with Crippen LogP contribution in [0.15, 0.2) is 30.5 Å². The average Bonchev–Trinajstić information content (AvgIpc) is 2.27. The smallest absolute Gasteiger partial charge is 0.126 e. The predicted molar refractivity (Wildman–Crippen MR) is 50.5 cm³/mol. The number of rotatable bonds is 2. The van der Waals surface area contributed by atoms with E-state index in [1.54, 1.807) is 6.07 Å². The summed E-state index contributed by atoms with van der Waals surface area (Å²) in [6, 6.07) is 7.26. The summed E-state index contributed by atoms with van der Waals surface area (Å²) >= 11 is 0. The SMILES string of the molecule is OC(CF)c1cnc2ccccc2n1. The highest BCUT2D eigenvalue weighted by Gasteiger charge is 2.09. The van der Waals surface area contributed by atoms with E-state index in [-0.39, 0.29) is 5.69 Å². The molecule has 0 bridgehead atoms. The van der Waals surface area contributed by atoms with Crippen LogP contribution in [0.4, 0.5) is 4.39 Å². The van der Waals surface area contributed by atoms with Crippen LogP contribution in [0.5, 0.6) is 0 Å². The van der Waals surface area contributed by atoms with E-state index in [2.05, 4.69) is 9.97 Å². The Morgan fingerprint density at radius 1 is 1.29 bits per heavy atom. The molecular weight excluding hydrogens is 183 g/mol. The van der Waals surface area contributed by atoms with Crippen LogP contribution >= 0.6 is 0 Å². The molecular formula is C10H9FN2O. The molecule has 0 spiro atoms. The third kappa shape index (κ3) is 1.56. The van der Waals surface area contributed by atoms with Crippen molar-refractivity contribution in [2.75, 3.05) is 6.67 Å². The first-order chi connectivity index (χ1) is 6.81. The van der Waals surface area contributed by atoms with Crippen LogP contribution in [0.25, 0.3) is 11.0 Å². The Bertz CT molecular complexity index is 447. The summed E-state index contributed by atoms with van der Waals surface area (Å²) in [5.41, 5.74) is 1.67. The Morgan fingerprint density at radius 2 is 2.00 bits per heavy atom. The lowest BCUT2D eigenvalue weighted by molar-refractivity contribution is 0.137. The summed E-state index contributed by atoms with van der Waals surface area (Å²) in [4.78, 5) is 8.15. The Kier molecular flexibility index (Phi) is 2.37. The van der Waals surface area contributed by atoms with Crippen molar-refractivity contribution in [3.05, 3.63) is 36.2 Å². The zero-order valence-corrected chi connectivity index (χ0v) is 7.39. The molecule has 1 unspecified atom stereocenters. The van der Waals surface area contributed by atoms with E-state index in [0.29, 0.717) is 5.52 Å². The summed E-state index contributed by atoms with van der Waals surface area (Å²) < 4.78 is 12.2. The van der Waals surface area contributed by atoms with Gasteiger partial charge < -0.3 is 5.11 Å². The molecule has 0 fully saturated rings.